The summed E-state index contributed by atoms with van der Waals surface area (Å²) >= 11 is 0. The van der Waals surface area contributed by atoms with Gasteiger partial charge in [-0.15, -0.1) is 0 Å². The van der Waals surface area contributed by atoms with Gasteiger partial charge in [0.15, 0.2) is 0 Å². The largest absolute Gasteiger partial charge is 0.305 e. The molecule has 2 rings (SSSR count). The van der Waals surface area contributed by atoms with Crippen LogP contribution in [0.4, 0.5) is 5.82 Å². The zero-order valence-corrected chi connectivity index (χ0v) is 11.5. The average Bonchev–Trinajstić information content (AvgIpc) is 2.41. The van der Waals surface area contributed by atoms with Crippen molar-refractivity contribution in [2.75, 3.05) is 5.32 Å². The number of amides is 1. The van der Waals surface area contributed by atoms with E-state index in [1.165, 1.54) is 16.8 Å². The number of carbonyl (C=O) groups excluding carboxylic acids is 1. The number of hydrogen-bond donors (Lipinski definition) is 1. The maximum atomic E-state index is 12.1. The van der Waals surface area contributed by atoms with Gasteiger partial charge in [-0.25, -0.2) is 9.67 Å². The fourth-order valence-electron chi connectivity index (χ4n) is 1.74. The maximum Gasteiger partial charge on any atom is 0.277 e. The summed E-state index contributed by atoms with van der Waals surface area (Å²) in [4.78, 5) is 27.8. The standard InChI is InChI=1S/C14H16N4O2/c1-3-9-18-13(19)8-7-11(17-18)14(20)16-12-6-4-5-10(2)15-12/h4-8H,3,9H2,1-2H3,(H,15,16,20). The lowest BCUT2D eigenvalue weighted by Crippen LogP contribution is -2.26. The van der Waals surface area contributed by atoms with Crippen molar-refractivity contribution >= 4 is 11.7 Å². The normalized spacial score (nSPS) is 10.3. The molecule has 6 nitrogen and oxygen atoms in total. The lowest BCUT2D eigenvalue weighted by Gasteiger charge is -2.07. The van der Waals surface area contributed by atoms with Crippen LogP contribution in [0.2, 0.25) is 0 Å². The number of carbonyl (C=O) groups is 1. The highest BCUT2D eigenvalue weighted by atomic mass is 16.2. The number of nitrogens with one attached hydrogen (secondary N) is 1. The number of aryl methyl sites for hydroxylation is 2. The van der Waals surface area contributed by atoms with Crippen molar-refractivity contribution in [3.63, 3.8) is 0 Å². The SMILES string of the molecule is CCCn1nc(C(=O)Nc2cccc(C)n2)ccc1=O. The molecule has 1 N–H and O–H groups in total. The zero-order valence-electron chi connectivity index (χ0n) is 11.5. The molecule has 6 heteroatoms. The third kappa shape index (κ3) is 3.28. The monoisotopic (exact) mass is 272 g/mol. The first kappa shape index (κ1) is 13.9. The summed E-state index contributed by atoms with van der Waals surface area (Å²) in [7, 11) is 0. The van der Waals surface area contributed by atoms with Crippen molar-refractivity contribution in [2.24, 2.45) is 0 Å². The summed E-state index contributed by atoms with van der Waals surface area (Å²) in [6.07, 6.45) is 0.775. The van der Waals surface area contributed by atoms with Crippen molar-refractivity contribution in [1.82, 2.24) is 14.8 Å². The third-order valence-electron chi connectivity index (χ3n) is 2.66. The molecular weight excluding hydrogens is 256 g/mol. The lowest BCUT2D eigenvalue weighted by atomic mass is 10.3. The van der Waals surface area contributed by atoms with E-state index in [9.17, 15) is 9.59 Å². The zero-order chi connectivity index (χ0) is 14.5. The summed E-state index contributed by atoms with van der Waals surface area (Å²) in [5, 5.41) is 6.70. The van der Waals surface area contributed by atoms with Crippen LogP contribution < -0.4 is 10.9 Å². The van der Waals surface area contributed by atoms with Crippen molar-refractivity contribution in [2.45, 2.75) is 26.8 Å². The first-order valence-electron chi connectivity index (χ1n) is 6.43. The Kier molecular flexibility index (Phi) is 4.24. The quantitative estimate of drug-likeness (QED) is 0.917. The van der Waals surface area contributed by atoms with E-state index in [-0.39, 0.29) is 17.2 Å². The van der Waals surface area contributed by atoms with E-state index in [0.717, 1.165) is 12.1 Å². The molecule has 0 aromatic carbocycles. The van der Waals surface area contributed by atoms with Crippen LogP contribution in [0.1, 0.15) is 29.5 Å². The fraction of sp³-hybridized carbons (Fsp3) is 0.286. The van der Waals surface area contributed by atoms with Gasteiger partial charge in [-0.2, -0.15) is 5.10 Å². The Morgan fingerprint density at radius 1 is 1.30 bits per heavy atom. The Hall–Kier alpha value is -2.50. The number of pyridine rings is 1. The van der Waals surface area contributed by atoms with Crippen LogP contribution in [0.15, 0.2) is 35.1 Å². The van der Waals surface area contributed by atoms with E-state index < -0.39 is 0 Å². The number of nitrogens with zero attached hydrogens (tertiary/aromatic N) is 3. The summed E-state index contributed by atoms with van der Waals surface area (Å²) in [5.41, 5.74) is 0.796. The van der Waals surface area contributed by atoms with Crippen molar-refractivity contribution in [3.05, 3.63) is 52.1 Å². The minimum atomic E-state index is -0.382. The van der Waals surface area contributed by atoms with Gasteiger partial charge < -0.3 is 5.32 Å². The molecule has 0 saturated carbocycles. The second kappa shape index (κ2) is 6.10. The fourth-order valence-corrected chi connectivity index (χ4v) is 1.74. The number of rotatable bonds is 4. The van der Waals surface area contributed by atoms with Gasteiger partial charge in [0.25, 0.3) is 11.5 Å². The molecule has 0 aliphatic rings. The summed E-state index contributed by atoms with van der Waals surface area (Å²) in [5.74, 6) is 0.0815. The molecule has 0 unspecified atom stereocenters. The molecule has 0 aliphatic carbocycles. The first-order chi connectivity index (χ1) is 9.60. The van der Waals surface area contributed by atoms with Gasteiger partial charge in [0, 0.05) is 18.3 Å². The first-order valence-corrected chi connectivity index (χ1v) is 6.43. The molecular formula is C14H16N4O2. The molecule has 2 heterocycles. The molecule has 2 aromatic rings. The minimum Gasteiger partial charge on any atom is -0.305 e. The average molecular weight is 272 g/mol. The Morgan fingerprint density at radius 2 is 2.10 bits per heavy atom. The van der Waals surface area contributed by atoms with Crippen LogP contribution in [0.25, 0.3) is 0 Å². The smallest absolute Gasteiger partial charge is 0.277 e. The van der Waals surface area contributed by atoms with Crippen molar-refractivity contribution in [1.29, 1.82) is 0 Å². The van der Waals surface area contributed by atoms with E-state index in [1.807, 2.05) is 26.0 Å². The maximum absolute atomic E-state index is 12.1. The van der Waals surface area contributed by atoms with E-state index in [2.05, 4.69) is 15.4 Å². The highest BCUT2D eigenvalue weighted by Gasteiger charge is 2.10. The van der Waals surface area contributed by atoms with Crippen LogP contribution in [-0.2, 0) is 6.54 Å². The Balaban J connectivity index is 2.21. The predicted octanol–water partition coefficient (Wildman–Crippen LogP) is 1.61. The molecule has 1 amide bonds. The Morgan fingerprint density at radius 3 is 2.80 bits per heavy atom. The van der Waals surface area contributed by atoms with E-state index >= 15 is 0 Å². The molecule has 0 spiro atoms. The van der Waals surface area contributed by atoms with Crippen LogP contribution in [0.5, 0.6) is 0 Å². The van der Waals surface area contributed by atoms with Crippen LogP contribution in [-0.4, -0.2) is 20.7 Å². The highest BCUT2D eigenvalue weighted by molar-refractivity contribution is 6.02. The lowest BCUT2D eigenvalue weighted by molar-refractivity contribution is 0.101. The van der Waals surface area contributed by atoms with Gasteiger partial charge in [0.2, 0.25) is 0 Å². The van der Waals surface area contributed by atoms with Crippen LogP contribution in [0, 0.1) is 6.92 Å². The third-order valence-corrected chi connectivity index (χ3v) is 2.66. The molecule has 0 atom stereocenters. The predicted molar refractivity (Wildman–Crippen MR) is 75.7 cm³/mol. The van der Waals surface area contributed by atoms with Crippen molar-refractivity contribution < 1.29 is 4.79 Å². The number of aromatic nitrogens is 3. The topological polar surface area (TPSA) is 76.9 Å². The van der Waals surface area contributed by atoms with E-state index in [4.69, 9.17) is 0 Å². The molecule has 0 fully saturated rings. The molecule has 104 valence electrons. The molecule has 0 radical (unpaired) electrons. The highest BCUT2D eigenvalue weighted by Crippen LogP contribution is 2.05. The van der Waals surface area contributed by atoms with E-state index in [1.54, 1.807) is 6.07 Å². The molecule has 0 aliphatic heterocycles. The molecule has 20 heavy (non-hydrogen) atoms. The summed E-state index contributed by atoms with van der Waals surface area (Å²) in [6.45, 7) is 4.27. The van der Waals surface area contributed by atoms with Gasteiger partial charge >= 0.3 is 0 Å². The second-order valence-electron chi connectivity index (χ2n) is 4.40. The second-order valence-corrected chi connectivity index (χ2v) is 4.40. The van der Waals surface area contributed by atoms with Gasteiger partial charge in [-0.3, -0.25) is 9.59 Å². The summed E-state index contributed by atoms with van der Waals surface area (Å²) in [6, 6.07) is 8.12. The van der Waals surface area contributed by atoms with Crippen LogP contribution >= 0.6 is 0 Å². The van der Waals surface area contributed by atoms with Crippen LogP contribution in [0.3, 0.4) is 0 Å². The molecule has 2 aromatic heterocycles. The van der Waals surface area contributed by atoms with Gasteiger partial charge in [0.1, 0.15) is 11.5 Å². The minimum absolute atomic E-state index is 0.196. The Bertz CT molecular complexity index is 679. The number of anilines is 1. The molecule has 0 saturated heterocycles. The van der Waals surface area contributed by atoms with Gasteiger partial charge in [-0.05, 0) is 31.5 Å². The van der Waals surface area contributed by atoms with Gasteiger partial charge in [-0.1, -0.05) is 13.0 Å². The summed E-state index contributed by atoms with van der Waals surface area (Å²) < 4.78 is 1.29. The van der Waals surface area contributed by atoms with Crippen molar-refractivity contribution in [3.8, 4) is 0 Å². The molecule has 0 bridgehead atoms. The van der Waals surface area contributed by atoms with Gasteiger partial charge in [0.05, 0.1) is 0 Å². The number of hydrogen-bond acceptors (Lipinski definition) is 4. The van der Waals surface area contributed by atoms with E-state index in [0.29, 0.717) is 12.4 Å². The Labute approximate surface area is 116 Å².